The first-order chi connectivity index (χ1) is 11.4. The van der Waals surface area contributed by atoms with Crippen LogP contribution in [0.5, 0.6) is 5.75 Å². The van der Waals surface area contributed by atoms with Gasteiger partial charge in [0, 0.05) is 12.3 Å². The molecule has 2 fully saturated rings. The lowest BCUT2D eigenvalue weighted by molar-refractivity contribution is -0.132. The molecule has 3 aliphatic carbocycles. The van der Waals surface area contributed by atoms with Crippen molar-refractivity contribution in [1.29, 1.82) is 0 Å². The third-order valence-electron chi connectivity index (χ3n) is 6.66. The lowest BCUT2D eigenvalue weighted by Gasteiger charge is -2.48. The van der Waals surface area contributed by atoms with Crippen LogP contribution in [0.15, 0.2) is 18.2 Å². The summed E-state index contributed by atoms with van der Waals surface area (Å²) in [5.41, 5.74) is 2.60. The molecule has 3 aliphatic rings. The summed E-state index contributed by atoms with van der Waals surface area (Å²) in [6.45, 7) is 3.63. The van der Waals surface area contributed by atoms with Crippen LogP contribution in [0.4, 0.5) is 0 Å². The van der Waals surface area contributed by atoms with E-state index in [9.17, 15) is 9.59 Å². The first kappa shape index (κ1) is 16.3. The fraction of sp³-hybridized carbons (Fsp3) is 0.600. The number of benzene rings is 1. The van der Waals surface area contributed by atoms with Gasteiger partial charge in [-0.05, 0) is 73.1 Å². The quantitative estimate of drug-likeness (QED) is 0.405. The molecule has 0 spiro atoms. The Balaban J connectivity index is 1.65. The second-order valence-electron chi connectivity index (χ2n) is 7.89. The number of Topliss-reactive ketones (excluding diaryl/α,β-unsaturated/α-hetero) is 1. The van der Waals surface area contributed by atoms with E-state index < -0.39 is 0 Å². The Labute approximate surface area is 151 Å². The highest BCUT2D eigenvalue weighted by molar-refractivity contribution is 9.10. The molecular weight excluding hydrogens is 368 g/mol. The first-order valence-electron chi connectivity index (χ1n) is 8.90. The maximum absolute atomic E-state index is 12.6. The van der Waals surface area contributed by atoms with Crippen molar-refractivity contribution in [2.75, 3.05) is 0 Å². The number of hydrogen-bond acceptors (Lipinski definition) is 3. The summed E-state index contributed by atoms with van der Waals surface area (Å²) in [7, 11) is 0. The molecule has 128 valence electrons. The smallest absolute Gasteiger partial charge is 0.308 e. The van der Waals surface area contributed by atoms with Crippen molar-refractivity contribution in [1.82, 2.24) is 0 Å². The second kappa shape index (κ2) is 5.69. The van der Waals surface area contributed by atoms with E-state index in [1.807, 2.05) is 12.1 Å². The van der Waals surface area contributed by atoms with Gasteiger partial charge in [0.2, 0.25) is 0 Å². The standard InChI is InChI=1S/C20H23BrO3/c1-11(22)24-13-4-6-14-12(9-13)3-5-16-15(14)7-8-20(2)17(16)10-18(21)19(20)23/h4,6,9,15-18H,3,5,7-8,10H2,1-2H3/t15-,16-,17-,18-,20-/m1/s1. The van der Waals surface area contributed by atoms with Gasteiger partial charge in [0.1, 0.15) is 5.75 Å². The van der Waals surface area contributed by atoms with Crippen molar-refractivity contribution in [3.8, 4) is 5.75 Å². The summed E-state index contributed by atoms with van der Waals surface area (Å²) < 4.78 is 5.24. The molecule has 1 aromatic carbocycles. The zero-order chi connectivity index (χ0) is 17.1. The molecule has 0 aromatic heterocycles. The Kier molecular flexibility index (Phi) is 3.87. The summed E-state index contributed by atoms with van der Waals surface area (Å²) in [5.74, 6) is 2.43. The highest BCUT2D eigenvalue weighted by Crippen LogP contribution is 2.60. The highest BCUT2D eigenvalue weighted by Gasteiger charge is 2.57. The van der Waals surface area contributed by atoms with Crippen molar-refractivity contribution in [3.63, 3.8) is 0 Å². The van der Waals surface area contributed by atoms with Crippen molar-refractivity contribution in [3.05, 3.63) is 29.3 Å². The fourth-order valence-corrected chi connectivity index (χ4v) is 6.46. The molecule has 0 bridgehead atoms. The number of ether oxygens (including phenoxy) is 1. The Hall–Kier alpha value is -1.16. The third-order valence-corrected chi connectivity index (χ3v) is 7.45. The van der Waals surface area contributed by atoms with E-state index in [4.69, 9.17) is 4.74 Å². The van der Waals surface area contributed by atoms with Gasteiger partial charge in [-0.25, -0.2) is 0 Å². The molecule has 5 atom stereocenters. The highest BCUT2D eigenvalue weighted by atomic mass is 79.9. The number of halogens is 1. The number of aryl methyl sites for hydroxylation is 1. The minimum Gasteiger partial charge on any atom is -0.427 e. The molecule has 0 saturated heterocycles. The Morgan fingerprint density at radius 3 is 2.88 bits per heavy atom. The molecule has 24 heavy (non-hydrogen) atoms. The largest absolute Gasteiger partial charge is 0.427 e. The summed E-state index contributed by atoms with van der Waals surface area (Å²) >= 11 is 3.61. The number of carbonyl (C=O) groups excluding carboxylic acids is 2. The van der Waals surface area contributed by atoms with Crippen LogP contribution in [0.2, 0.25) is 0 Å². The Bertz CT molecular complexity index is 713. The molecular formula is C20H23BrO3. The van der Waals surface area contributed by atoms with Crippen molar-refractivity contribution in [2.24, 2.45) is 17.3 Å². The number of alkyl halides is 1. The molecule has 1 aromatic rings. The number of ketones is 1. The lowest BCUT2D eigenvalue weighted by atomic mass is 9.55. The van der Waals surface area contributed by atoms with Gasteiger partial charge in [0.25, 0.3) is 0 Å². The average molecular weight is 391 g/mol. The second-order valence-corrected chi connectivity index (χ2v) is 9.00. The zero-order valence-electron chi connectivity index (χ0n) is 14.2. The van der Waals surface area contributed by atoms with E-state index in [1.165, 1.54) is 18.1 Å². The van der Waals surface area contributed by atoms with Crippen molar-refractivity contribution in [2.45, 2.75) is 56.7 Å². The van der Waals surface area contributed by atoms with Crippen LogP contribution in [0.1, 0.15) is 56.6 Å². The third kappa shape index (κ3) is 2.37. The molecule has 4 heteroatoms. The van der Waals surface area contributed by atoms with Crippen LogP contribution >= 0.6 is 15.9 Å². The van der Waals surface area contributed by atoms with Gasteiger partial charge in [-0.1, -0.05) is 28.9 Å². The number of hydrogen-bond donors (Lipinski definition) is 0. The summed E-state index contributed by atoms with van der Waals surface area (Å²) in [6.07, 6.45) is 5.21. The topological polar surface area (TPSA) is 43.4 Å². The molecule has 0 amide bonds. The number of esters is 1. The molecule has 4 rings (SSSR count). The molecule has 2 saturated carbocycles. The van der Waals surface area contributed by atoms with E-state index in [0.29, 0.717) is 29.3 Å². The van der Waals surface area contributed by atoms with Gasteiger partial charge in [-0.2, -0.15) is 0 Å². The predicted molar refractivity (Wildman–Crippen MR) is 95.5 cm³/mol. The van der Waals surface area contributed by atoms with E-state index >= 15 is 0 Å². The molecule has 0 unspecified atom stereocenters. The van der Waals surface area contributed by atoms with Gasteiger partial charge >= 0.3 is 5.97 Å². The monoisotopic (exact) mass is 390 g/mol. The van der Waals surface area contributed by atoms with Gasteiger partial charge in [-0.15, -0.1) is 0 Å². The zero-order valence-corrected chi connectivity index (χ0v) is 15.8. The van der Waals surface area contributed by atoms with Gasteiger partial charge in [-0.3, -0.25) is 9.59 Å². The Morgan fingerprint density at radius 2 is 2.12 bits per heavy atom. The predicted octanol–water partition coefficient (Wildman–Crippen LogP) is 4.41. The number of carbonyl (C=O) groups is 2. The minimum atomic E-state index is -0.273. The minimum absolute atomic E-state index is 0.0407. The van der Waals surface area contributed by atoms with E-state index in [0.717, 1.165) is 32.1 Å². The fourth-order valence-electron chi connectivity index (χ4n) is 5.54. The normalized spacial score (nSPS) is 37.4. The molecule has 0 radical (unpaired) electrons. The van der Waals surface area contributed by atoms with E-state index in [1.54, 1.807) is 0 Å². The molecule has 0 aliphatic heterocycles. The summed E-state index contributed by atoms with van der Waals surface area (Å²) in [6, 6.07) is 6.10. The van der Waals surface area contributed by atoms with Gasteiger partial charge < -0.3 is 4.74 Å². The number of fused-ring (bicyclic) bond motifs is 5. The van der Waals surface area contributed by atoms with Gasteiger partial charge in [0.05, 0.1) is 4.83 Å². The van der Waals surface area contributed by atoms with Crippen LogP contribution in [-0.2, 0) is 16.0 Å². The lowest BCUT2D eigenvalue weighted by Crippen LogP contribution is -2.42. The van der Waals surface area contributed by atoms with Crippen LogP contribution in [0.25, 0.3) is 0 Å². The summed E-state index contributed by atoms with van der Waals surface area (Å²) in [4.78, 5) is 23.8. The Morgan fingerprint density at radius 1 is 1.33 bits per heavy atom. The van der Waals surface area contributed by atoms with Crippen molar-refractivity contribution >= 4 is 27.7 Å². The molecule has 3 nitrogen and oxygen atoms in total. The van der Waals surface area contributed by atoms with Crippen LogP contribution < -0.4 is 4.74 Å². The first-order valence-corrected chi connectivity index (χ1v) is 9.81. The van der Waals surface area contributed by atoms with Crippen molar-refractivity contribution < 1.29 is 14.3 Å². The SMILES string of the molecule is CC(=O)Oc1ccc2c(c1)CC[C@@H]1[C@@H]2CC[C@@]2(C)C(=O)[C@H](Br)C[C@H]12. The number of rotatable bonds is 1. The van der Waals surface area contributed by atoms with E-state index in [2.05, 4.69) is 28.9 Å². The molecule has 0 heterocycles. The van der Waals surface area contributed by atoms with Crippen LogP contribution in [-0.4, -0.2) is 16.6 Å². The van der Waals surface area contributed by atoms with Crippen LogP contribution in [0.3, 0.4) is 0 Å². The maximum Gasteiger partial charge on any atom is 0.308 e. The maximum atomic E-state index is 12.6. The summed E-state index contributed by atoms with van der Waals surface area (Å²) in [5, 5.41) is 0. The van der Waals surface area contributed by atoms with Gasteiger partial charge in [0.15, 0.2) is 5.78 Å². The van der Waals surface area contributed by atoms with E-state index in [-0.39, 0.29) is 16.2 Å². The molecule has 0 N–H and O–H groups in total. The van der Waals surface area contributed by atoms with Crippen LogP contribution in [0, 0.1) is 17.3 Å². The average Bonchev–Trinajstić information content (AvgIpc) is 2.77.